The molecule has 192 valence electrons. The maximum Gasteiger partial charge on any atom is 0.410 e. The van der Waals surface area contributed by atoms with Gasteiger partial charge in [-0.25, -0.2) is 9.59 Å². The first-order valence-electron chi connectivity index (χ1n) is 12.8. The largest absolute Gasteiger partial charge is 0.448 e. The van der Waals surface area contributed by atoms with E-state index in [9.17, 15) is 19.2 Å². The van der Waals surface area contributed by atoms with Gasteiger partial charge in [-0.15, -0.1) is 0 Å². The van der Waals surface area contributed by atoms with Gasteiger partial charge in [0.2, 0.25) is 0 Å². The smallest absolute Gasteiger partial charge is 0.410 e. The molecule has 2 aliphatic carbocycles. The Balaban J connectivity index is 1.16. The second kappa shape index (κ2) is 9.78. The lowest BCUT2D eigenvalue weighted by molar-refractivity contribution is -0.169. The van der Waals surface area contributed by atoms with E-state index in [2.05, 4.69) is 12.1 Å². The van der Waals surface area contributed by atoms with Gasteiger partial charge in [-0.2, -0.15) is 0 Å². The molecule has 0 unspecified atom stereocenters. The van der Waals surface area contributed by atoms with E-state index in [-0.39, 0.29) is 29.7 Å². The number of ether oxygens (including phenoxy) is 1. The summed E-state index contributed by atoms with van der Waals surface area (Å²) < 4.78 is 5.81. The van der Waals surface area contributed by atoms with Gasteiger partial charge in [-0.05, 0) is 47.2 Å². The Bertz CT molecular complexity index is 1360. The molecule has 0 saturated heterocycles. The minimum Gasteiger partial charge on any atom is -0.448 e. The van der Waals surface area contributed by atoms with E-state index in [1.54, 1.807) is 12.1 Å². The summed E-state index contributed by atoms with van der Waals surface area (Å²) in [5, 5.41) is 0.470. The van der Waals surface area contributed by atoms with Gasteiger partial charge in [-0.1, -0.05) is 78.6 Å². The van der Waals surface area contributed by atoms with Gasteiger partial charge >= 0.3 is 12.1 Å². The van der Waals surface area contributed by atoms with Crippen molar-refractivity contribution in [3.8, 4) is 11.1 Å². The molecule has 3 amide bonds. The standard InChI is InChI=1S/C30H26N2O6/c33-27(38-32-28(34)24-15-7-8-16-25(24)29(32)35)17-31(19-9-1-2-10-19)30(36)37-18-26-22-13-5-3-11-20(22)21-12-4-6-14-23(21)26/h3-8,11-16,19,26H,1-2,9-10,17-18H2. The van der Waals surface area contributed by atoms with Crippen LogP contribution in [0.5, 0.6) is 0 Å². The Morgan fingerprint density at radius 2 is 1.26 bits per heavy atom. The van der Waals surface area contributed by atoms with Crippen LogP contribution in [0.15, 0.2) is 72.8 Å². The minimum atomic E-state index is -0.875. The zero-order valence-corrected chi connectivity index (χ0v) is 20.7. The SMILES string of the molecule is O=C(CN(C(=O)OCC1c2ccccc2-c2ccccc21)C1CCCC1)ON1C(=O)c2ccccc2C1=O. The first-order chi connectivity index (χ1) is 18.5. The van der Waals surface area contributed by atoms with Gasteiger partial charge in [0.05, 0.1) is 11.1 Å². The van der Waals surface area contributed by atoms with Crippen LogP contribution >= 0.6 is 0 Å². The highest BCUT2D eigenvalue weighted by atomic mass is 16.7. The fraction of sp³-hybridized carbons (Fsp3) is 0.267. The molecule has 8 heteroatoms. The topological polar surface area (TPSA) is 93.2 Å². The molecule has 0 atom stereocenters. The van der Waals surface area contributed by atoms with Crippen LogP contribution in [0, 0.1) is 0 Å². The van der Waals surface area contributed by atoms with Gasteiger partial charge in [-0.3, -0.25) is 14.5 Å². The molecule has 3 aromatic carbocycles. The summed E-state index contributed by atoms with van der Waals surface area (Å²) in [6.45, 7) is -0.293. The van der Waals surface area contributed by atoms with Crippen molar-refractivity contribution in [2.75, 3.05) is 13.2 Å². The van der Waals surface area contributed by atoms with Crippen molar-refractivity contribution in [3.63, 3.8) is 0 Å². The lowest BCUT2D eigenvalue weighted by atomic mass is 9.98. The van der Waals surface area contributed by atoms with Gasteiger partial charge in [0.1, 0.15) is 13.2 Å². The van der Waals surface area contributed by atoms with Crippen LogP contribution < -0.4 is 0 Å². The third-order valence-electron chi connectivity index (χ3n) is 7.59. The van der Waals surface area contributed by atoms with Crippen LogP contribution in [0.1, 0.15) is 63.4 Å². The molecule has 1 aliphatic heterocycles. The van der Waals surface area contributed by atoms with Gasteiger partial charge in [0.25, 0.3) is 11.8 Å². The number of hydrogen-bond donors (Lipinski definition) is 0. The van der Waals surface area contributed by atoms with E-state index in [1.807, 2.05) is 36.4 Å². The van der Waals surface area contributed by atoms with E-state index in [4.69, 9.17) is 9.57 Å². The summed E-state index contributed by atoms with van der Waals surface area (Å²) in [7, 11) is 0. The van der Waals surface area contributed by atoms with Crippen LogP contribution in [0.2, 0.25) is 0 Å². The Hall–Kier alpha value is -4.46. The van der Waals surface area contributed by atoms with Crippen LogP contribution in [0.25, 0.3) is 11.1 Å². The summed E-state index contributed by atoms with van der Waals surface area (Å²) >= 11 is 0. The molecule has 38 heavy (non-hydrogen) atoms. The Labute approximate surface area is 219 Å². The Kier molecular flexibility index (Phi) is 6.15. The molecule has 8 nitrogen and oxygen atoms in total. The molecule has 0 aromatic heterocycles. The first-order valence-corrected chi connectivity index (χ1v) is 12.8. The zero-order chi connectivity index (χ0) is 26.2. The lowest BCUT2D eigenvalue weighted by Crippen LogP contribution is -2.45. The maximum absolute atomic E-state index is 13.3. The van der Waals surface area contributed by atoms with E-state index < -0.39 is 30.4 Å². The maximum atomic E-state index is 13.3. The molecule has 0 radical (unpaired) electrons. The van der Waals surface area contributed by atoms with Gasteiger partial charge in [0.15, 0.2) is 0 Å². The monoisotopic (exact) mass is 510 g/mol. The fourth-order valence-electron chi connectivity index (χ4n) is 5.76. The van der Waals surface area contributed by atoms with Crippen molar-refractivity contribution in [1.29, 1.82) is 0 Å². The number of carbonyl (C=O) groups is 4. The number of hydrogen-bond acceptors (Lipinski definition) is 6. The van der Waals surface area contributed by atoms with Crippen molar-refractivity contribution < 1.29 is 28.8 Å². The number of benzene rings is 3. The van der Waals surface area contributed by atoms with Crippen LogP contribution in [0.4, 0.5) is 4.79 Å². The van der Waals surface area contributed by atoms with E-state index in [1.165, 1.54) is 17.0 Å². The fourth-order valence-corrected chi connectivity index (χ4v) is 5.76. The number of amides is 3. The molecule has 0 N–H and O–H groups in total. The zero-order valence-electron chi connectivity index (χ0n) is 20.7. The quantitative estimate of drug-likeness (QED) is 0.437. The van der Waals surface area contributed by atoms with Crippen LogP contribution in [-0.4, -0.2) is 53.0 Å². The molecule has 0 bridgehead atoms. The molecular formula is C30H26N2O6. The molecule has 1 heterocycles. The summed E-state index contributed by atoms with van der Waals surface area (Å²) in [6, 6.07) is 22.2. The van der Waals surface area contributed by atoms with Crippen molar-refractivity contribution in [3.05, 3.63) is 95.1 Å². The van der Waals surface area contributed by atoms with E-state index >= 15 is 0 Å². The average Bonchev–Trinajstić information content (AvgIpc) is 3.64. The van der Waals surface area contributed by atoms with Gasteiger partial charge in [0, 0.05) is 12.0 Å². The van der Waals surface area contributed by atoms with Crippen LogP contribution in [0.3, 0.4) is 0 Å². The average molecular weight is 511 g/mol. The molecule has 3 aromatic rings. The van der Waals surface area contributed by atoms with E-state index in [0.717, 1.165) is 47.9 Å². The molecule has 1 saturated carbocycles. The third kappa shape index (κ3) is 4.12. The summed E-state index contributed by atoms with van der Waals surface area (Å²) in [5.74, 6) is -2.39. The van der Waals surface area contributed by atoms with E-state index in [0.29, 0.717) is 5.06 Å². The molecule has 6 rings (SSSR count). The summed E-state index contributed by atoms with van der Waals surface area (Å²) in [4.78, 5) is 58.0. The molecule has 3 aliphatic rings. The van der Waals surface area contributed by atoms with Gasteiger partial charge < -0.3 is 9.57 Å². The van der Waals surface area contributed by atoms with Crippen molar-refractivity contribution in [2.24, 2.45) is 0 Å². The lowest BCUT2D eigenvalue weighted by Gasteiger charge is -2.28. The number of hydroxylamine groups is 2. The highest BCUT2D eigenvalue weighted by molar-refractivity contribution is 6.20. The number of fused-ring (bicyclic) bond motifs is 4. The normalized spacial score (nSPS) is 16.3. The predicted molar refractivity (Wildman–Crippen MR) is 137 cm³/mol. The predicted octanol–water partition coefficient (Wildman–Crippen LogP) is 4.93. The minimum absolute atomic E-state index is 0.109. The Morgan fingerprint density at radius 1 is 0.763 bits per heavy atom. The second-order valence-corrected chi connectivity index (χ2v) is 9.78. The van der Waals surface area contributed by atoms with Crippen molar-refractivity contribution in [2.45, 2.75) is 37.6 Å². The molecule has 0 spiro atoms. The number of imide groups is 1. The highest BCUT2D eigenvalue weighted by Gasteiger charge is 2.40. The first kappa shape index (κ1) is 23.9. The van der Waals surface area contributed by atoms with Crippen molar-refractivity contribution >= 4 is 23.9 Å². The second-order valence-electron chi connectivity index (χ2n) is 9.78. The number of rotatable bonds is 6. The highest BCUT2D eigenvalue weighted by Crippen LogP contribution is 2.44. The van der Waals surface area contributed by atoms with Crippen LogP contribution in [-0.2, 0) is 14.4 Å². The van der Waals surface area contributed by atoms with Crippen molar-refractivity contribution in [1.82, 2.24) is 9.96 Å². The summed E-state index contributed by atoms with van der Waals surface area (Å²) in [5.41, 5.74) is 4.80. The summed E-state index contributed by atoms with van der Waals surface area (Å²) in [6.07, 6.45) is 2.74. The number of nitrogens with zero attached hydrogens (tertiary/aromatic N) is 2. The number of carbonyl (C=O) groups excluding carboxylic acids is 4. The molecule has 1 fully saturated rings. The third-order valence-corrected chi connectivity index (χ3v) is 7.59. The Morgan fingerprint density at radius 3 is 1.82 bits per heavy atom. The molecular weight excluding hydrogens is 484 g/mol.